The third-order valence-electron chi connectivity index (χ3n) is 1.88. The highest BCUT2D eigenvalue weighted by atomic mass is 32.2. The fraction of sp³-hybridized carbons (Fsp3) is 0.833. The van der Waals surface area contributed by atoms with Crippen LogP contribution in [0, 0.1) is 0 Å². The van der Waals surface area contributed by atoms with Crippen molar-refractivity contribution in [1.29, 1.82) is 0 Å². The molecule has 0 saturated carbocycles. The van der Waals surface area contributed by atoms with E-state index in [1.165, 1.54) is 6.26 Å². The minimum atomic E-state index is -3.04. The number of sulfone groups is 1. The van der Waals surface area contributed by atoms with Crippen molar-refractivity contribution < 1.29 is 13.2 Å². The van der Waals surface area contributed by atoms with Crippen molar-refractivity contribution in [2.75, 3.05) is 32.6 Å². The average molecular weight is 278 g/mol. The van der Waals surface area contributed by atoms with E-state index in [9.17, 15) is 8.42 Å². The maximum Gasteiger partial charge on any atom is 0.180 e. The Labute approximate surface area is 111 Å². The Bertz CT molecular complexity index is 369. The molecule has 5 nitrogen and oxygen atoms in total. The van der Waals surface area contributed by atoms with E-state index in [-0.39, 0.29) is 17.4 Å². The molecule has 18 heavy (non-hydrogen) atoms. The number of nitrogens with zero attached hydrogens (tertiary/aromatic N) is 1. The average Bonchev–Trinajstić information content (AvgIpc) is 1.92. The number of ether oxygens (including phenoxy) is 1. The minimum Gasteiger partial charge on any atom is -0.474 e. The highest BCUT2D eigenvalue weighted by Gasteiger charge is 2.19. The van der Waals surface area contributed by atoms with Gasteiger partial charge >= 0.3 is 0 Å². The van der Waals surface area contributed by atoms with Crippen LogP contribution in [0.3, 0.4) is 0 Å². The molecule has 0 aliphatic carbocycles. The molecule has 0 amide bonds. The molecular weight excluding hydrogens is 252 g/mol. The summed E-state index contributed by atoms with van der Waals surface area (Å²) < 4.78 is 28.3. The summed E-state index contributed by atoms with van der Waals surface area (Å²) in [5.41, 5.74) is -0.349. The Kier molecular flexibility index (Phi) is 6.16. The van der Waals surface area contributed by atoms with Crippen LogP contribution in [0.5, 0.6) is 0 Å². The van der Waals surface area contributed by atoms with Crippen LogP contribution < -0.4 is 5.32 Å². The summed E-state index contributed by atoms with van der Waals surface area (Å²) in [7, 11) is 0.742. The molecule has 0 aromatic carbocycles. The molecule has 0 aliphatic heterocycles. The molecule has 0 saturated heterocycles. The second-order valence-corrected chi connectivity index (χ2v) is 8.02. The quantitative estimate of drug-likeness (QED) is 0.699. The molecule has 0 heterocycles. The molecule has 6 heteroatoms. The maximum atomic E-state index is 11.4. The molecule has 0 spiro atoms. The van der Waals surface area contributed by atoms with Crippen molar-refractivity contribution in [3.05, 3.63) is 12.5 Å². The molecule has 0 bridgehead atoms. The monoisotopic (exact) mass is 278 g/mol. The van der Waals surface area contributed by atoms with Crippen LogP contribution in [0.2, 0.25) is 0 Å². The van der Waals surface area contributed by atoms with Crippen LogP contribution >= 0.6 is 0 Å². The Morgan fingerprint density at radius 2 is 1.89 bits per heavy atom. The van der Waals surface area contributed by atoms with E-state index in [1.54, 1.807) is 0 Å². The number of rotatable bonds is 7. The molecule has 0 aliphatic rings. The van der Waals surface area contributed by atoms with Gasteiger partial charge < -0.3 is 15.0 Å². The Morgan fingerprint density at radius 1 is 1.39 bits per heavy atom. The maximum absolute atomic E-state index is 11.4. The standard InChI is InChI=1S/C12H26N2O3S/c1-10(17-12(2,3)4)13-11(8-14(5)6)9-18(7,15)16/h11,13H,1,8-9H2,2-7H3/t11-/m1/s1. The van der Waals surface area contributed by atoms with Crippen molar-refractivity contribution >= 4 is 9.84 Å². The molecule has 0 fully saturated rings. The van der Waals surface area contributed by atoms with Gasteiger partial charge in [-0.2, -0.15) is 0 Å². The van der Waals surface area contributed by atoms with E-state index in [2.05, 4.69) is 11.9 Å². The van der Waals surface area contributed by atoms with Gasteiger partial charge in [0.1, 0.15) is 15.4 Å². The van der Waals surface area contributed by atoms with Gasteiger partial charge in [0.05, 0.1) is 11.8 Å². The summed E-state index contributed by atoms with van der Waals surface area (Å²) in [6, 6.07) is -0.232. The van der Waals surface area contributed by atoms with Crippen molar-refractivity contribution in [3.63, 3.8) is 0 Å². The lowest BCUT2D eigenvalue weighted by Gasteiger charge is -2.28. The molecular formula is C12H26N2O3S. The Balaban J connectivity index is 4.55. The lowest BCUT2D eigenvalue weighted by Crippen LogP contribution is -2.43. The van der Waals surface area contributed by atoms with E-state index < -0.39 is 9.84 Å². The van der Waals surface area contributed by atoms with Crippen molar-refractivity contribution in [2.45, 2.75) is 32.4 Å². The van der Waals surface area contributed by atoms with E-state index in [1.807, 2.05) is 39.8 Å². The van der Waals surface area contributed by atoms with Gasteiger partial charge in [0.15, 0.2) is 5.88 Å². The van der Waals surface area contributed by atoms with Gasteiger partial charge in [0, 0.05) is 12.8 Å². The third-order valence-corrected chi connectivity index (χ3v) is 2.89. The minimum absolute atomic E-state index is 0.0533. The first kappa shape index (κ1) is 17.2. The SMILES string of the molecule is C=C(N[C@H](CN(C)C)CS(C)(=O)=O)OC(C)(C)C. The fourth-order valence-corrected chi connectivity index (χ4v) is 2.49. The molecule has 1 atom stereocenters. The van der Waals surface area contributed by atoms with Gasteiger partial charge in [-0.25, -0.2) is 8.42 Å². The summed E-state index contributed by atoms with van der Waals surface area (Å²) in [6.07, 6.45) is 1.23. The van der Waals surface area contributed by atoms with Crippen LogP contribution in [0.25, 0.3) is 0 Å². The number of nitrogens with one attached hydrogen (secondary N) is 1. The summed E-state index contributed by atoms with van der Waals surface area (Å²) in [4.78, 5) is 1.92. The van der Waals surface area contributed by atoms with Gasteiger partial charge in [-0.15, -0.1) is 0 Å². The summed E-state index contributed by atoms with van der Waals surface area (Å²) in [5.74, 6) is 0.454. The van der Waals surface area contributed by atoms with Crippen molar-refractivity contribution in [2.24, 2.45) is 0 Å². The van der Waals surface area contributed by atoms with Gasteiger partial charge in [0.25, 0.3) is 0 Å². The third kappa shape index (κ3) is 10.4. The van der Waals surface area contributed by atoms with E-state index in [4.69, 9.17) is 4.74 Å². The Morgan fingerprint density at radius 3 is 2.22 bits per heavy atom. The van der Waals surface area contributed by atoms with Gasteiger partial charge in [-0.3, -0.25) is 0 Å². The lowest BCUT2D eigenvalue weighted by molar-refractivity contribution is 0.0382. The van der Waals surface area contributed by atoms with Crippen molar-refractivity contribution in [3.8, 4) is 0 Å². The van der Waals surface area contributed by atoms with Gasteiger partial charge in [-0.05, 0) is 41.4 Å². The fourth-order valence-electron chi connectivity index (χ4n) is 1.57. The van der Waals surface area contributed by atoms with Crippen LogP contribution in [0.1, 0.15) is 20.8 Å². The molecule has 0 rings (SSSR count). The zero-order valence-corrected chi connectivity index (χ0v) is 13.1. The first-order chi connectivity index (χ1) is 7.89. The molecule has 0 radical (unpaired) electrons. The van der Waals surface area contributed by atoms with E-state index in [0.717, 1.165) is 0 Å². The first-order valence-corrected chi connectivity index (χ1v) is 7.92. The lowest BCUT2D eigenvalue weighted by atomic mass is 10.2. The highest BCUT2D eigenvalue weighted by molar-refractivity contribution is 7.90. The topological polar surface area (TPSA) is 58.6 Å². The normalized spacial score (nSPS) is 14.4. The van der Waals surface area contributed by atoms with Gasteiger partial charge in [0.2, 0.25) is 0 Å². The van der Waals surface area contributed by atoms with Gasteiger partial charge in [-0.1, -0.05) is 0 Å². The molecule has 0 aromatic rings. The van der Waals surface area contributed by atoms with E-state index in [0.29, 0.717) is 12.4 Å². The predicted molar refractivity (Wildman–Crippen MR) is 75.2 cm³/mol. The number of likely N-dealkylation sites (N-methyl/N-ethyl adjacent to an activating group) is 1. The van der Waals surface area contributed by atoms with Crippen LogP contribution in [0.4, 0.5) is 0 Å². The summed E-state index contributed by atoms with van der Waals surface area (Å²) >= 11 is 0. The van der Waals surface area contributed by atoms with Crippen LogP contribution in [-0.4, -0.2) is 57.6 Å². The second kappa shape index (κ2) is 6.43. The number of hydrogen-bond donors (Lipinski definition) is 1. The smallest absolute Gasteiger partial charge is 0.180 e. The zero-order valence-electron chi connectivity index (χ0n) is 12.3. The summed E-state index contributed by atoms with van der Waals surface area (Å²) in [5, 5.41) is 3.02. The van der Waals surface area contributed by atoms with Crippen LogP contribution in [0.15, 0.2) is 12.5 Å². The largest absolute Gasteiger partial charge is 0.474 e. The first-order valence-electron chi connectivity index (χ1n) is 5.86. The molecule has 1 N–H and O–H groups in total. The zero-order chi connectivity index (χ0) is 14.6. The summed E-state index contributed by atoms with van der Waals surface area (Å²) in [6.45, 7) is 10.1. The highest BCUT2D eigenvalue weighted by Crippen LogP contribution is 2.11. The molecule has 108 valence electrons. The van der Waals surface area contributed by atoms with Crippen molar-refractivity contribution in [1.82, 2.24) is 10.2 Å². The van der Waals surface area contributed by atoms with Crippen LogP contribution in [-0.2, 0) is 14.6 Å². The predicted octanol–water partition coefficient (Wildman–Crippen LogP) is 0.837. The Hall–Kier alpha value is -0.750. The molecule has 0 aromatic heterocycles. The van der Waals surface area contributed by atoms with E-state index >= 15 is 0 Å². The molecule has 0 unspecified atom stereocenters. The number of hydrogen-bond acceptors (Lipinski definition) is 5. The second-order valence-electron chi connectivity index (χ2n) is 5.83.